The number of nitrogens with zero attached hydrogens (tertiary/aromatic N) is 5. The summed E-state index contributed by atoms with van der Waals surface area (Å²) in [5.41, 5.74) is 25.5. The number of fused-ring (bicyclic) bond motifs is 9. The summed E-state index contributed by atoms with van der Waals surface area (Å²) in [4.78, 5) is 4.63. The lowest BCUT2D eigenvalue weighted by Gasteiger charge is -2.25. The van der Waals surface area contributed by atoms with Gasteiger partial charge in [-0.2, -0.15) is 0 Å². The molecule has 0 spiro atoms. The molecule has 17 aromatic rings. The van der Waals surface area contributed by atoms with E-state index in [9.17, 15) is 0 Å². The molecule has 0 amide bonds. The molecule has 3 heterocycles. The number of rotatable bonds is 13. The second kappa shape index (κ2) is 23.4. The summed E-state index contributed by atoms with van der Waals surface area (Å²) in [6.45, 7) is 0. The van der Waals surface area contributed by atoms with Crippen molar-refractivity contribution in [3.63, 3.8) is 0 Å². The smallest absolute Gasteiger partial charge is 0.0560 e. The Morgan fingerprint density at radius 1 is 0.232 bits per heavy atom. The minimum absolute atomic E-state index is 0.204. The van der Waals surface area contributed by atoms with Gasteiger partial charge in [0.05, 0.1) is 28.1 Å². The van der Waals surface area contributed by atoms with Crippen LogP contribution in [0.15, 0.2) is 364 Å². The molecule has 95 heavy (non-hydrogen) atoms. The van der Waals surface area contributed by atoms with Crippen LogP contribution in [0.5, 0.6) is 0 Å². The van der Waals surface area contributed by atoms with Gasteiger partial charge in [0.2, 0.25) is 0 Å². The molecule has 3 aromatic heterocycles. The van der Waals surface area contributed by atoms with Crippen molar-refractivity contribution in [2.45, 2.75) is 12.5 Å². The summed E-state index contributed by atoms with van der Waals surface area (Å²) in [5, 5.41) is 7.33. The molecule has 1 unspecified atom stereocenters. The van der Waals surface area contributed by atoms with Gasteiger partial charge in [-0.25, -0.2) is 0 Å². The van der Waals surface area contributed by atoms with Crippen molar-refractivity contribution in [3.8, 4) is 55.9 Å². The van der Waals surface area contributed by atoms with Gasteiger partial charge in [0, 0.05) is 88.8 Å². The van der Waals surface area contributed by atoms with Crippen LogP contribution in [0.4, 0.5) is 34.1 Å². The van der Waals surface area contributed by atoms with E-state index in [1.54, 1.807) is 0 Å². The van der Waals surface area contributed by atoms with E-state index < -0.39 is 0 Å². The highest BCUT2D eigenvalue weighted by Crippen LogP contribution is 2.45. The fraction of sp³-hybridized carbons (Fsp3) is 0.0222. The van der Waals surface area contributed by atoms with Gasteiger partial charge < -0.3 is 23.5 Å². The minimum Gasteiger partial charge on any atom is -0.333 e. The molecule has 1 aliphatic rings. The predicted octanol–water partition coefficient (Wildman–Crippen LogP) is 24.7. The number of para-hydroxylation sites is 6. The van der Waals surface area contributed by atoms with E-state index in [-0.39, 0.29) is 6.04 Å². The first-order valence-corrected chi connectivity index (χ1v) is 32.8. The van der Waals surface area contributed by atoms with Crippen LogP contribution in [-0.2, 0) is 0 Å². The fourth-order valence-electron chi connectivity index (χ4n) is 14.8. The molecule has 1 atom stereocenters. The zero-order valence-electron chi connectivity index (χ0n) is 52.2. The first-order valence-electron chi connectivity index (χ1n) is 32.8. The summed E-state index contributed by atoms with van der Waals surface area (Å²) in [7, 11) is 0. The maximum absolute atomic E-state index is 2.55. The van der Waals surface area contributed by atoms with Crippen LogP contribution < -0.4 is 9.80 Å². The Hall–Kier alpha value is -12.4. The zero-order chi connectivity index (χ0) is 62.8. The van der Waals surface area contributed by atoms with Crippen LogP contribution in [0.1, 0.15) is 12.5 Å². The molecule has 0 aliphatic heterocycles. The topological polar surface area (TPSA) is 21.3 Å². The molecule has 0 radical (unpaired) electrons. The second-order valence-corrected chi connectivity index (χ2v) is 24.8. The number of aromatic nitrogens is 3. The summed E-state index contributed by atoms with van der Waals surface area (Å²) >= 11 is 0. The normalized spacial score (nSPS) is 13.0. The van der Waals surface area contributed by atoms with Crippen molar-refractivity contribution in [2.75, 3.05) is 9.80 Å². The van der Waals surface area contributed by atoms with E-state index in [1.165, 1.54) is 104 Å². The summed E-state index contributed by atoms with van der Waals surface area (Å²) in [6.07, 6.45) is 9.94. The van der Waals surface area contributed by atoms with Crippen molar-refractivity contribution < 1.29 is 0 Å². The molecule has 5 heteroatoms. The lowest BCUT2D eigenvalue weighted by Crippen LogP contribution is -2.09. The van der Waals surface area contributed by atoms with Gasteiger partial charge in [0.25, 0.3) is 0 Å². The van der Waals surface area contributed by atoms with Gasteiger partial charge >= 0.3 is 0 Å². The van der Waals surface area contributed by atoms with Crippen LogP contribution in [-0.4, -0.2) is 13.7 Å². The van der Waals surface area contributed by atoms with E-state index in [1.807, 2.05) is 0 Å². The van der Waals surface area contributed by atoms with Crippen molar-refractivity contribution in [3.05, 3.63) is 364 Å². The fourth-order valence-corrected chi connectivity index (χ4v) is 14.8. The highest BCUT2D eigenvalue weighted by atomic mass is 15.1. The Balaban J connectivity index is 0.745. The predicted molar refractivity (Wildman–Crippen MR) is 401 cm³/mol. The van der Waals surface area contributed by atoms with Gasteiger partial charge in [-0.15, -0.1) is 0 Å². The van der Waals surface area contributed by atoms with Crippen molar-refractivity contribution in [1.82, 2.24) is 13.7 Å². The molecule has 5 nitrogen and oxygen atoms in total. The number of hydrogen-bond acceptors (Lipinski definition) is 2. The van der Waals surface area contributed by atoms with E-state index in [0.717, 1.165) is 57.5 Å². The van der Waals surface area contributed by atoms with Crippen LogP contribution in [0.3, 0.4) is 0 Å². The van der Waals surface area contributed by atoms with Crippen LogP contribution >= 0.6 is 0 Å². The Kier molecular flexibility index (Phi) is 13.6. The third kappa shape index (κ3) is 9.80. The van der Waals surface area contributed by atoms with Crippen molar-refractivity contribution >= 4 is 99.5 Å². The monoisotopic (exact) mass is 1210 g/mol. The Morgan fingerprint density at radius 2 is 0.484 bits per heavy atom. The highest BCUT2D eigenvalue weighted by Gasteiger charge is 2.23. The molecular formula is C90H63N5. The molecular weight excluding hydrogens is 1150 g/mol. The van der Waals surface area contributed by atoms with Crippen molar-refractivity contribution in [2.24, 2.45) is 0 Å². The maximum Gasteiger partial charge on any atom is 0.0560 e. The third-order valence-corrected chi connectivity index (χ3v) is 19.3. The molecule has 1 aliphatic carbocycles. The molecule has 0 fully saturated rings. The van der Waals surface area contributed by atoms with Gasteiger partial charge in [-0.1, -0.05) is 194 Å². The van der Waals surface area contributed by atoms with Crippen LogP contribution in [0.25, 0.3) is 121 Å². The largest absolute Gasteiger partial charge is 0.333 e. The van der Waals surface area contributed by atoms with E-state index in [4.69, 9.17) is 0 Å². The molecule has 448 valence electrons. The van der Waals surface area contributed by atoms with Crippen LogP contribution in [0.2, 0.25) is 0 Å². The molecule has 0 saturated carbocycles. The molecule has 18 rings (SSSR count). The first kappa shape index (κ1) is 55.4. The van der Waals surface area contributed by atoms with Gasteiger partial charge in [0.1, 0.15) is 0 Å². The van der Waals surface area contributed by atoms with E-state index in [2.05, 4.69) is 388 Å². The first-order chi connectivity index (χ1) is 47.1. The molecule has 14 aromatic carbocycles. The van der Waals surface area contributed by atoms with Crippen molar-refractivity contribution in [1.29, 1.82) is 0 Å². The number of benzene rings is 14. The Bertz CT molecular complexity index is 5690. The lowest BCUT2D eigenvalue weighted by atomic mass is 9.97. The van der Waals surface area contributed by atoms with Gasteiger partial charge in [-0.05, 0) is 221 Å². The SMILES string of the molecule is C1=CCC(n2c3ccc(-c4ccc(N(c5ccccc5)c5ccccc5)cc4)cc3c3cc(-c4ccc5c(c4)c4cc(-c6ccc7c(c6)c6cc(-c8ccc(N(c9ccccc9)c9ccccc9)cc8)ccc6n7-c6ccccc6)ccc4n5-c4ccccc4)ccc32)C=C1. The lowest BCUT2D eigenvalue weighted by molar-refractivity contribution is 0.648. The third-order valence-electron chi connectivity index (χ3n) is 19.3. The average molecular weight is 1210 g/mol. The summed E-state index contributed by atoms with van der Waals surface area (Å²) < 4.78 is 7.40. The van der Waals surface area contributed by atoms with Gasteiger partial charge in [-0.3, -0.25) is 0 Å². The van der Waals surface area contributed by atoms with Gasteiger partial charge in [0.15, 0.2) is 0 Å². The number of anilines is 6. The second-order valence-electron chi connectivity index (χ2n) is 24.8. The summed E-state index contributed by atoms with van der Waals surface area (Å²) in [6, 6.07) is 125. The standard InChI is InChI=1S/C90H63N5/c1-8-22-70(23-9-1)91(71-24-10-2-11-25-71)77-46-36-62(37-47-77)64-40-50-85-79(56-64)81-58-66(42-52-87(81)93(85)74-30-16-5-17-31-74)68-44-54-89-83(60-68)84-61-69(45-55-90(84)95(89)76-34-20-7-21-35-76)67-43-53-88-82(59-67)80-57-65(41-51-86(80)94(88)75-32-18-6-19-33-75)63-38-48-78(49-39-63)92(72-26-12-3-13-27-72)73-28-14-4-15-29-73/h1-32,34-61,75H,33H2. The maximum atomic E-state index is 2.55. The average Bonchev–Trinajstić information content (AvgIpc) is 1.60. The number of hydrogen-bond donors (Lipinski definition) is 0. The van der Waals surface area contributed by atoms with E-state index in [0.29, 0.717) is 0 Å². The molecule has 0 bridgehead atoms. The zero-order valence-corrected chi connectivity index (χ0v) is 52.2. The van der Waals surface area contributed by atoms with Crippen LogP contribution in [0, 0.1) is 0 Å². The quantitative estimate of drug-likeness (QED) is 0.115. The summed E-state index contributed by atoms with van der Waals surface area (Å²) in [5.74, 6) is 0. The molecule has 0 saturated heterocycles. The minimum atomic E-state index is 0.204. The highest BCUT2D eigenvalue weighted by molar-refractivity contribution is 6.15. The Labute approximate surface area is 552 Å². The molecule has 0 N–H and O–H groups in total. The number of allylic oxidation sites excluding steroid dienone is 4. The Morgan fingerprint density at radius 3 is 0.779 bits per heavy atom. The van der Waals surface area contributed by atoms with E-state index >= 15 is 0 Å².